The standard InChI is InChI=1S/C25H27NO5/c1-18-10-6-3-2-4-9-13-21(26-30-17-19-11-7-5-8-12-19)14-20-15-22(27)16-23(28)24(20)25(29)31-18/h3,5-9,11-16,18,26-28H,2,4,10,17H2,1H3/b6-3?,13-9?,21-14-. The molecule has 6 heteroatoms. The van der Waals surface area contributed by atoms with Gasteiger partial charge in [0, 0.05) is 12.5 Å². The number of carbonyl (C=O) groups is 1. The van der Waals surface area contributed by atoms with Crippen molar-refractivity contribution < 1.29 is 24.6 Å². The third kappa shape index (κ3) is 6.76. The number of benzene rings is 2. The largest absolute Gasteiger partial charge is 0.508 e. The van der Waals surface area contributed by atoms with Crippen molar-refractivity contribution >= 4 is 12.0 Å². The average Bonchev–Trinajstić information content (AvgIpc) is 2.72. The number of nitrogens with one attached hydrogen (secondary N) is 1. The molecule has 2 aromatic rings. The predicted octanol–water partition coefficient (Wildman–Crippen LogP) is 5.00. The maximum atomic E-state index is 12.7. The van der Waals surface area contributed by atoms with E-state index in [0.29, 0.717) is 24.3 Å². The average molecular weight is 421 g/mol. The minimum absolute atomic E-state index is 0.0125. The van der Waals surface area contributed by atoms with Crippen LogP contribution in [0.2, 0.25) is 0 Å². The van der Waals surface area contributed by atoms with E-state index in [1.54, 1.807) is 13.0 Å². The van der Waals surface area contributed by atoms with E-state index < -0.39 is 5.97 Å². The monoisotopic (exact) mass is 421 g/mol. The van der Waals surface area contributed by atoms with Crippen molar-refractivity contribution in [2.45, 2.75) is 38.9 Å². The molecular weight excluding hydrogens is 394 g/mol. The molecule has 31 heavy (non-hydrogen) atoms. The zero-order valence-electron chi connectivity index (χ0n) is 17.5. The molecule has 3 rings (SSSR count). The highest BCUT2D eigenvalue weighted by Gasteiger charge is 2.20. The van der Waals surface area contributed by atoms with Crippen LogP contribution in [0, 0.1) is 0 Å². The van der Waals surface area contributed by atoms with E-state index >= 15 is 0 Å². The second kappa shape index (κ2) is 11.0. The Morgan fingerprint density at radius 1 is 1.10 bits per heavy atom. The topological polar surface area (TPSA) is 88.0 Å². The Balaban J connectivity index is 1.91. The van der Waals surface area contributed by atoms with Crippen LogP contribution in [-0.4, -0.2) is 22.3 Å². The summed E-state index contributed by atoms with van der Waals surface area (Å²) in [5, 5.41) is 20.3. The fourth-order valence-electron chi connectivity index (χ4n) is 3.12. The van der Waals surface area contributed by atoms with Gasteiger partial charge in [-0.1, -0.05) is 48.6 Å². The number of hydrogen-bond acceptors (Lipinski definition) is 6. The van der Waals surface area contributed by atoms with Crippen molar-refractivity contribution in [2.24, 2.45) is 0 Å². The van der Waals surface area contributed by atoms with Crippen LogP contribution in [0.15, 0.2) is 72.5 Å². The molecular formula is C25H27NO5. The van der Waals surface area contributed by atoms with Crippen molar-refractivity contribution in [3.8, 4) is 11.5 Å². The summed E-state index contributed by atoms with van der Waals surface area (Å²) in [5.74, 6) is -1.17. The van der Waals surface area contributed by atoms with E-state index in [-0.39, 0.29) is 23.2 Å². The smallest absolute Gasteiger partial charge is 0.342 e. The SMILES string of the molecule is CC1CC=CCCC=C/C(NOCc2ccccc2)=C/c2cc(O)cc(O)c2C(=O)O1. The van der Waals surface area contributed by atoms with Gasteiger partial charge in [0.25, 0.3) is 0 Å². The first-order valence-electron chi connectivity index (χ1n) is 10.2. The molecule has 1 heterocycles. The third-order valence-corrected chi connectivity index (χ3v) is 4.66. The second-order valence-electron chi connectivity index (χ2n) is 7.31. The Kier molecular flexibility index (Phi) is 7.90. The lowest BCUT2D eigenvalue weighted by atomic mass is 10.0. The normalized spacial score (nSPS) is 18.9. The van der Waals surface area contributed by atoms with Crippen LogP contribution in [0.25, 0.3) is 6.08 Å². The molecule has 2 aromatic carbocycles. The number of allylic oxidation sites excluding steroid dienone is 3. The zero-order valence-corrected chi connectivity index (χ0v) is 17.5. The molecule has 3 N–H and O–H groups in total. The van der Waals surface area contributed by atoms with Crippen molar-refractivity contribution in [3.63, 3.8) is 0 Å². The van der Waals surface area contributed by atoms with Crippen LogP contribution in [0.1, 0.15) is 47.7 Å². The number of aromatic hydroxyl groups is 2. The molecule has 0 saturated heterocycles. The summed E-state index contributed by atoms with van der Waals surface area (Å²) in [6.45, 7) is 2.14. The highest BCUT2D eigenvalue weighted by molar-refractivity contribution is 5.97. The van der Waals surface area contributed by atoms with Gasteiger partial charge in [0.15, 0.2) is 0 Å². The van der Waals surface area contributed by atoms with Crippen molar-refractivity contribution in [2.75, 3.05) is 0 Å². The fourth-order valence-corrected chi connectivity index (χ4v) is 3.12. The summed E-state index contributed by atoms with van der Waals surface area (Å²) < 4.78 is 5.49. The number of fused-ring (bicyclic) bond motifs is 1. The summed E-state index contributed by atoms with van der Waals surface area (Å²) >= 11 is 0. The number of carbonyl (C=O) groups excluding carboxylic acids is 1. The molecule has 0 aromatic heterocycles. The summed E-state index contributed by atoms with van der Waals surface area (Å²) in [7, 11) is 0. The highest BCUT2D eigenvalue weighted by atomic mass is 16.6. The van der Waals surface area contributed by atoms with Gasteiger partial charge in [0.05, 0.1) is 12.3 Å². The lowest BCUT2D eigenvalue weighted by Gasteiger charge is -2.15. The molecule has 0 fully saturated rings. The van der Waals surface area contributed by atoms with Crippen LogP contribution >= 0.6 is 0 Å². The minimum atomic E-state index is -0.657. The van der Waals surface area contributed by atoms with Crippen molar-refractivity contribution in [3.05, 3.63) is 89.2 Å². The molecule has 6 nitrogen and oxygen atoms in total. The van der Waals surface area contributed by atoms with Crippen LogP contribution in [0.4, 0.5) is 0 Å². The fraction of sp³-hybridized carbons (Fsp3) is 0.240. The number of esters is 1. The number of hydrogen-bond donors (Lipinski definition) is 3. The van der Waals surface area contributed by atoms with Gasteiger partial charge in [-0.05, 0) is 49.1 Å². The second-order valence-corrected chi connectivity index (χ2v) is 7.31. The minimum Gasteiger partial charge on any atom is -0.508 e. The number of cyclic esters (lactones) is 1. The van der Waals surface area contributed by atoms with E-state index in [1.807, 2.05) is 54.6 Å². The molecule has 1 atom stereocenters. The van der Waals surface area contributed by atoms with Gasteiger partial charge >= 0.3 is 5.97 Å². The summed E-state index contributed by atoms with van der Waals surface area (Å²) in [5.41, 5.74) is 4.76. The first-order valence-corrected chi connectivity index (χ1v) is 10.2. The van der Waals surface area contributed by atoms with Gasteiger partial charge in [0.1, 0.15) is 23.2 Å². The number of phenolic OH excluding ortho intramolecular Hbond substituents is 2. The van der Waals surface area contributed by atoms with Crippen molar-refractivity contribution in [1.29, 1.82) is 0 Å². The summed E-state index contributed by atoms with van der Waals surface area (Å²) in [6.07, 6.45) is 11.4. The summed E-state index contributed by atoms with van der Waals surface area (Å²) in [6, 6.07) is 12.2. The molecule has 0 radical (unpaired) electrons. The Labute approximate surface area is 182 Å². The van der Waals surface area contributed by atoms with Gasteiger partial charge in [0.2, 0.25) is 0 Å². The van der Waals surface area contributed by atoms with E-state index in [0.717, 1.165) is 24.5 Å². The van der Waals surface area contributed by atoms with Crippen LogP contribution < -0.4 is 5.48 Å². The molecule has 1 aliphatic rings. The molecule has 0 saturated carbocycles. The number of phenols is 2. The number of rotatable bonds is 4. The molecule has 0 spiro atoms. The third-order valence-electron chi connectivity index (χ3n) is 4.66. The number of hydroxylamine groups is 1. The van der Waals surface area contributed by atoms with E-state index in [2.05, 4.69) is 5.48 Å². The van der Waals surface area contributed by atoms with Gasteiger partial charge in [-0.15, -0.1) is 0 Å². The molecule has 0 amide bonds. The Morgan fingerprint density at radius 2 is 1.87 bits per heavy atom. The maximum Gasteiger partial charge on any atom is 0.342 e. The molecule has 162 valence electrons. The Morgan fingerprint density at radius 3 is 2.68 bits per heavy atom. The molecule has 0 bridgehead atoms. The number of ether oxygens (including phenoxy) is 1. The van der Waals surface area contributed by atoms with Gasteiger partial charge in [-0.25, -0.2) is 4.79 Å². The quantitative estimate of drug-likeness (QED) is 0.366. The first-order chi connectivity index (χ1) is 15.0. The molecule has 1 unspecified atom stereocenters. The lowest BCUT2D eigenvalue weighted by molar-refractivity contribution is 0.0344. The maximum absolute atomic E-state index is 12.7. The zero-order chi connectivity index (χ0) is 22.1. The Bertz CT molecular complexity index is 979. The Hall–Kier alpha value is -3.51. The van der Waals surface area contributed by atoms with E-state index in [1.165, 1.54) is 6.07 Å². The van der Waals surface area contributed by atoms with Gasteiger partial charge in [-0.2, -0.15) is 0 Å². The predicted molar refractivity (Wildman–Crippen MR) is 119 cm³/mol. The van der Waals surface area contributed by atoms with Crippen LogP contribution in [-0.2, 0) is 16.2 Å². The first kappa shape index (κ1) is 22.2. The van der Waals surface area contributed by atoms with Crippen molar-refractivity contribution in [1.82, 2.24) is 5.48 Å². The highest BCUT2D eigenvalue weighted by Crippen LogP contribution is 2.30. The van der Waals surface area contributed by atoms with Crippen LogP contribution in [0.3, 0.4) is 0 Å². The lowest BCUT2D eigenvalue weighted by Crippen LogP contribution is -2.16. The van der Waals surface area contributed by atoms with Gasteiger partial charge < -0.3 is 14.9 Å². The van der Waals surface area contributed by atoms with Crippen LogP contribution in [0.5, 0.6) is 11.5 Å². The van der Waals surface area contributed by atoms with E-state index in [4.69, 9.17) is 9.57 Å². The van der Waals surface area contributed by atoms with E-state index in [9.17, 15) is 15.0 Å². The molecule has 1 aliphatic heterocycles. The molecule has 0 aliphatic carbocycles. The summed E-state index contributed by atoms with van der Waals surface area (Å²) in [4.78, 5) is 18.4. The van der Waals surface area contributed by atoms with Gasteiger partial charge in [-0.3, -0.25) is 10.3 Å².